The van der Waals surface area contributed by atoms with Crippen molar-refractivity contribution in [2.24, 2.45) is 5.92 Å². The van der Waals surface area contributed by atoms with Gasteiger partial charge < -0.3 is 19.1 Å². The summed E-state index contributed by atoms with van der Waals surface area (Å²) >= 11 is 6.13. The number of esters is 1. The first kappa shape index (κ1) is 33.0. The molecular weight excluding hydrogens is 578 g/mol. The predicted molar refractivity (Wildman–Crippen MR) is 161 cm³/mol. The second-order valence-corrected chi connectivity index (χ2v) is 13.4. The number of amides is 1. The molecule has 0 spiro atoms. The Hall–Kier alpha value is -2.91. The van der Waals surface area contributed by atoms with Gasteiger partial charge in [-0.3, -0.25) is 9.69 Å². The third kappa shape index (κ3) is 7.98. The summed E-state index contributed by atoms with van der Waals surface area (Å²) in [6, 6.07) is 10.1. The highest BCUT2D eigenvalue weighted by Gasteiger charge is 2.41. The number of rotatable bonds is 8. The molecule has 2 fully saturated rings. The van der Waals surface area contributed by atoms with E-state index in [-0.39, 0.29) is 35.7 Å². The maximum atomic E-state index is 15.0. The highest BCUT2D eigenvalue weighted by Crippen LogP contribution is 2.44. The number of likely N-dealkylation sites (tertiary alicyclic amines) is 1. The topological polar surface area (TPSA) is 68.3 Å². The summed E-state index contributed by atoms with van der Waals surface area (Å²) in [5.74, 6) is -1.92. The van der Waals surface area contributed by atoms with Gasteiger partial charge in [-0.15, -0.1) is 0 Å². The van der Waals surface area contributed by atoms with E-state index in [1.54, 1.807) is 26.8 Å². The lowest BCUT2D eigenvalue weighted by Gasteiger charge is -2.45. The molecule has 1 saturated heterocycles. The molecule has 2 aromatic carbocycles. The lowest BCUT2D eigenvalue weighted by Crippen LogP contribution is -2.44. The lowest BCUT2D eigenvalue weighted by atomic mass is 9.70. The molecule has 0 aromatic heterocycles. The number of hydrogen-bond donors (Lipinski definition) is 0. The number of nitrogens with zero attached hydrogens (tertiary/aromatic N) is 2. The Labute approximate surface area is 258 Å². The van der Waals surface area contributed by atoms with Gasteiger partial charge in [0.15, 0.2) is 11.6 Å². The summed E-state index contributed by atoms with van der Waals surface area (Å²) in [6.07, 6.45) is 3.08. The van der Waals surface area contributed by atoms with Gasteiger partial charge in [0.25, 0.3) is 0 Å². The van der Waals surface area contributed by atoms with E-state index in [2.05, 4.69) is 31.1 Å². The minimum atomic E-state index is -0.972. The summed E-state index contributed by atoms with van der Waals surface area (Å²) < 4.78 is 46.3. The molecule has 1 amide bonds. The molecule has 1 aliphatic heterocycles. The Bertz CT molecular complexity index is 1290. The average Bonchev–Trinajstić information content (AvgIpc) is 3.33. The molecule has 1 saturated carbocycles. The van der Waals surface area contributed by atoms with Gasteiger partial charge in [0.05, 0.1) is 20.1 Å². The molecule has 0 unspecified atom stereocenters. The van der Waals surface area contributed by atoms with Crippen LogP contribution in [0.4, 0.5) is 13.6 Å². The molecule has 1 heterocycles. The van der Waals surface area contributed by atoms with Crippen LogP contribution in [0.5, 0.6) is 5.75 Å². The van der Waals surface area contributed by atoms with Gasteiger partial charge in [-0.25, -0.2) is 13.6 Å². The molecule has 43 heavy (non-hydrogen) atoms. The fourth-order valence-electron chi connectivity index (χ4n) is 6.42. The summed E-state index contributed by atoms with van der Waals surface area (Å²) in [4.78, 5) is 28.6. The monoisotopic (exact) mass is 620 g/mol. The van der Waals surface area contributed by atoms with Crippen molar-refractivity contribution in [1.82, 2.24) is 9.80 Å². The normalized spacial score (nSPS) is 24.2. The Morgan fingerprint density at radius 1 is 1.09 bits per heavy atom. The van der Waals surface area contributed by atoms with E-state index in [0.717, 1.165) is 31.7 Å². The van der Waals surface area contributed by atoms with Crippen molar-refractivity contribution >= 4 is 23.7 Å². The largest absolute Gasteiger partial charge is 0.488 e. The van der Waals surface area contributed by atoms with Crippen LogP contribution >= 0.6 is 11.6 Å². The van der Waals surface area contributed by atoms with Crippen molar-refractivity contribution < 1.29 is 32.6 Å². The third-order valence-corrected chi connectivity index (χ3v) is 8.94. The molecule has 0 radical (unpaired) electrons. The van der Waals surface area contributed by atoms with Crippen LogP contribution in [0, 0.1) is 17.6 Å². The highest BCUT2D eigenvalue weighted by molar-refractivity contribution is 6.30. The van der Waals surface area contributed by atoms with Crippen LogP contribution in [-0.4, -0.2) is 67.4 Å². The summed E-state index contributed by atoms with van der Waals surface area (Å²) in [6.45, 7) is 5.43. The second kappa shape index (κ2) is 13.4. The van der Waals surface area contributed by atoms with Crippen LogP contribution < -0.4 is 4.74 Å². The van der Waals surface area contributed by atoms with Gasteiger partial charge in [0, 0.05) is 29.1 Å². The molecule has 4 rings (SSSR count). The van der Waals surface area contributed by atoms with E-state index in [1.165, 1.54) is 17.6 Å². The van der Waals surface area contributed by atoms with Crippen LogP contribution in [0.3, 0.4) is 0 Å². The standard InChI is InChI=1S/C33H43ClF2N2O5/c1-32(2,3)43-31(40)38-20-27(17-25(38)18-29(39)41-6)42-26-16-22(30(36)28(35)19-26)15-21-11-13-33(14-12-21,37(4)5)23-7-9-24(34)10-8-23/h7-10,16,19,21,25,27H,11-15,17-18,20H2,1-6H3/t21?,25-,27-,33?/m0/s1. The zero-order valence-electron chi connectivity index (χ0n) is 25.9. The number of halogens is 3. The van der Waals surface area contributed by atoms with E-state index in [9.17, 15) is 14.0 Å². The van der Waals surface area contributed by atoms with Gasteiger partial charge in [-0.1, -0.05) is 23.7 Å². The molecule has 7 nitrogen and oxygen atoms in total. The van der Waals surface area contributed by atoms with Crippen molar-refractivity contribution in [1.29, 1.82) is 0 Å². The molecule has 0 bridgehead atoms. The zero-order chi connectivity index (χ0) is 31.5. The molecule has 2 atom stereocenters. The van der Waals surface area contributed by atoms with Crippen molar-refractivity contribution in [3.05, 3.63) is 64.2 Å². The minimum Gasteiger partial charge on any atom is -0.488 e. The summed E-state index contributed by atoms with van der Waals surface area (Å²) in [5, 5.41) is 0.695. The van der Waals surface area contributed by atoms with Gasteiger partial charge >= 0.3 is 12.1 Å². The average molecular weight is 621 g/mol. The van der Waals surface area contributed by atoms with Gasteiger partial charge in [0.1, 0.15) is 17.5 Å². The minimum absolute atomic E-state index is 0.0230. The van der Waals surface area contributed by atoms with Crippen LogP contribution in [-0.2, 0) is 26.2 Å². The van der Waals surface area contributed by atoms with E-state index >= 15 is 4.39 Å². The number of ether oxygens (including phenoxy) is 3. The third-order valence-electron chi connectivity index (χ3n) is 8.69. The first-order valence-electron chi connectivity index (χ1n) is 14.8. The second-order valence-electron chi connectivity index (χ2n) is 13.0. The molecule has 236 valence electrons. The van der Waals surface area contributed by atoms with Crippen molar-refractivity contribution in [3.8, 4) is 5.75 Å². The zero-order valence-corrected chi connectivity index (χ0v) is 26.7. The van der Waals surface area contributed by atoms with Gasteiger partial charge in [-0.05, 0) is 102 Å². The van der Waals surface area contributed by atoms with E-state index in [4.69, 9.17) is 25.8 Å². The number of benzene rings is 2. The molecule has 10 heteroatoms. The number of methoxy groups -OCH3 is 1. The highest BCUT2D eigenvalue weighted by atomic mass is 35.5. The van der Waals surface area contributed by atoms with Crippen LogP contribution in [0.15, 0.2) is 36.4 Å². The van der Waals surface area contributed by atoms with Crippen LogP contribution in [0.25, 0.3) is 0 Å². The first-order valence-corrected chi connectivity index (χ1v) is 15.2. The van der Waals surface area contributed by atoms with E-state index < -0.39 is 41.4 Å². The van der Waals surface area contributed by atoms with Gasteiger partial charge in [-0.2, -0.15) is 0 Å². The van der Waals surface area contributed by atoms with Crippen molar-refractivity contribution in [2.45, 2.75) is 89.0 Å². The molecular formula is C33H43ClF2N2O5. The van der Waals surface area contributed by atoms with Crippen molar-refractivity contribution in [2.75, 3.05) is 27.7 Å². The smallest absolute Gasteiger partial charge is 0.410 e. The lowest BCUT2D eigenvalue weighted by molar-refractivity contribution is -0.141. The molecule has 1 aliphatic carbocycles. The Balaban J connectivity index is 1.45. The van der Waals surface area contributed by atoms with Crippen LogP contribution in [0.2, 0.25) is 5.02 Å². The Kier molecular flexibility index (Phi) is 10.3. The Morgan fingerprint density at radius 3 is 2.33 bits per heavy atom. The fourth-order valence-corrected chi connectivity index (χ4v) is 6.55. The van der Waals surface area contributed by atoms with E-state index in [1.807, 2.05) is 12.1 Å². The maximum Gasteiger partial charge on any atom is 0.410 e. The molecule has 0 N–H and O–H groups in total. The molecule has 2 aliphatic rings. The van der Waals surface area contributed by atoms with Gasteiger partial charge in [0.2, 0.25) is 0 Å². The summed E-state index contributed by atoms with van der Waals surface area (Å²) in [7, 11) is 5.44. The summed E-state index contributed by atoms with van der Waals surface area (Å²) in [5.41, 5.74) is 0.618. The van der Waals surface area contributed by atoms with Crippen molar-refractivity contribution in [3.63, 3.8) is 0 Å². The quantitative estimate of drug-likeness (QED) is 0.293. The van der Waals surface area contributed by atoms with E-state index in [0.29, 0.717) is 17.9 Å². The SMILES string of the molecule is COC(=O)C[C@@H]1C[C@H](Oc2cc(F)c(F)c(CC3CCC(c4ccc(Cl)cc4)(N(C)C)CC3)c2)CN1C(=O)OC(C)(C)C. The number of carbonyl (C=O) groups is 2. The predicted octanol–water partition coefficient (Wildman–Crippen LogP) is 7.13. The number of hydrogen-bond acceptors (Lipinski definition) is 6. The molecule has 2 aromatic rings. The van der Waals surface area contributed by atoms with Crippen LogP contribution in [0.1, 0.15) is 70.4 Å². The fraction of sp³-hybridized carbons (Fsp3) is 0.576. The number of carbonyl (C=O) groups excluding carboxylic acids is 2. The first-order chi connectivity index (χ1) is 20.2. The maximum absolute atomic E-state index is 15.0. The Morgan fingerprint density at radius 2 is 1.74 bits per heavy atom.